The lowest BCUT2D eigenvalue weighted by Gasteiger charge is -2.09. The van der Waals surface area contributed by atoms with Crippen molar-refractivity contribution in [1.82, 2.24) is 10.3 Å². The number of carbonyl (C=O) groups is 2. The number of fused-ring (bicyclic) bond motifs is 1. The Kier molecular flexibility index (Phi) is 5.53. The maximum atomic E-state index is 12.0. The van der Waals surface area contributed by atoms with Crippen molar-refractivity contribution in [2.24, 2.45) is 0 Å². The maximum Gasteiger partial charge on any atom is 0.310 e. The van der Waals surface area contributed by atoms with E-state index in [4.69, 9.17) is 9.47 Å². The molecule has 0 fully saturated rings. The predicted octanol–water partition coefficient (Wildman–Crippen LogP) is 2.58. The van der Waals surface area contributed by atoms with Crippen molar-refractivity contribution < 1.29 is 19.1 Å². The Morgan fingerprint density at radius 2 is 1.81 bits per heavy atom. The fourth-order valence-corrected chi connectivity index (χ4v) is 2.72. The minimum atomic E-state index is -0.442. The predicted molar refractivity (Wildman–Crippen MR) is 97.8 cm³/mol. The van der Waals surface area contributed by atoms with E-state index in [1.165, 1.54) is 0 Å². The van der Waals surface area contributed by atoms with Gasteiger partial charge in [-0.15, -0.1) is 0 Å². The van der Waals surface area contributed by atoms with E-state index in [9.17, 15) is 9.59 Å². The van der Waals surface area contributed by atoms with Crippen LogP contribution in [0.5, 0.6) is 5.75 Å². The number of aromatic nitrogens is 1. The minimum Gasteiger partial charge on any atom is -0.496 e. The Hall–Kier alpha value is -3.28. The molecule has 2 N–H and O–H groups in total. The van der Waals surface area contributed by atoms with Crippen molar-refractivity contribution >= 4 is 22.8 Å². The number of carbonyl (C=O) groups excluding carboxylic acids is 2. The van der Waals surface area contributed by atoms with Gasteiger partial charge in [0, 0.05) is 29.2 Å². The second-order valence-electron chi connectivity index (χ2n) is 5.79. The summed E-state index contributed by atoms with van der Waals surface area (Å²) in [5.41, 5.74) is 2.67. The number of hydrogen-bond donors (Lipinski definition) is 2. The van der Waals surface area contributed by atoms with E-state index in [0.29, 0.717) is 12.3 Å². The summed E-state index contributed by atoms with van der Waals surface area (Å²) in [4.78, 5) is 27.0. The average Bonchev–Trinajstić information content (AvgIpc) is 3.08. The van der Waals surface area contributed by atoms with Gasteiger partial charge in [-0.1, -0.05) is 36.4 Å². The van der Waals surface area contributed by atoms with E-state index in [1.807, 2.05) is 48.5 Å². The summed E-state index contributed by atoms with van der Waals surface area (Å²) in [5, 5.41) is 3.69. The molecule has 2 aromatic carbocycles. The number of hydrogen-bond acceptors (Lipinski definition) is 4. The van der Waals surface area contributed by atoms with Crippen LogP contribution in [0.1, 0.15) is 11.1 Å². The number of amides is 1. The Morgan fingerprint density at radius 3 is 2.65 bits per heavy atom. The van der Waals surface area contributed by atoms with Gasteiger partial charge in [-0.05, 0) is 17.7 Å². The Balaban J connectivity index is 1.47. The van der Waals surface area contributed by atoms with Crippen molar-refractivity contribution in [1.29, 1.82) is 0 Å². The lowest BCUT2D eigenvalue weighted by Crippen LogP contribution is -2.28. The number of methoxy groups -OCH3 is 1. The van der Waals surface area contributed by atoms with Crippen LogP contribution in [0.15, 0.2) is 54.7 Å². The summed E-state index contributed by atoms with van der Waals surface area (Å²) in [6.07, 6.45) is 1.90. The van der Waals surface area contributed by atoms with Crippen LogP contribution in [0.2, 0.25) is 0 Å². The first-order valence-electron chi connectivity index (χ1n) is 8.26. The molecular weight excluding hydrogens is 332 g/mol. The van der Waals surface area contributed by atoms with Crippen molar-refractivity contribution in [3.05, 3.63) is 65.9 Å². The lowest BCUT2D eigenvalue weighted by atomic mass is 10.1. The third kappa shape index (κ3) is 4.22. The van der Waals surface area contributed by atoms with E-state index in [0.717, 1.165) is 22.0 Å². The van der Waals surface area contributed by atoms with Crippen LogP contribution < -0.4 is 10.1 Å². The Labute approximate surface area is 151 Å². The highest BCUT2D eigenvalue weighted by Crippen LogP contribution is 2.18. The number of H-pyrrole nitrogens is 1. The molecule has 1 heterocycles. The van der Waals surface area contributed by atoms with Gasteiger partial charge in [0.05, 0.1) is 13.5 Å². The fraction of sp³-hybridized carbons (Fsp3) is 0.200. The summed E-state index contributed by atoms with van der Waals surface area (Å²) in [6.45, 7) is -0.000810. The van der Waals surface area contributed by atoms with Gasteiger partial charge in [-0.2, -0.15) is 0 Å². The summed E-state index contributed by atoms with van der Waals surface area (Å²) in [5.74, 6) is -0.102. The van der Waals surface area contributed by atoms with Gasteiger partial charge in [0.15, 0.2) is 6.61 Å². The molecule has 3 aromatic rings. The van der Waals surface area contributed by atoms with Gasteiger partial charge in [-0.3, -0.25) is 9.59 Å². The van der Waals surface area contributed by atoms with E-state index in [1.54, 1.807) is 13.3 Å². The first kappa shape index (κ1) is 17.5. The smallest absolute Gasteiger partial charge is 0.310 e. The Bertz CT molecular complexity index is 917. The Morgan fingerprint density at radius 1 is 1.04 bits per heavy atom. The molecular formula is C20H20N2O4. The number of esters is 1. The molecule has 134 valence electrons. The molecule has 0 unspecified atom stereocenters. The molecule has 6 nitrogen and oxygen atoms in total. The van der Waals surface area contributed by atoms with Gasteiger partial charge in [0.2, 0.25) is 0 Å². The standard InChI is InChI=1S/C20H20N2O4/c1-25-18-9-5-2-6-14(18)11-22-19(23)13-26-20(24)10-15-12-21-17-8-4-3-7-16(15)17/h2-9,12,21H,10-11,13H2,1H3,(H,22,23). The lowest BCUT2D eigenvalue weighted by molar-refractivity contribution is -0.147. The normalized spacial score (nSPS) is 10.5. The summed E-state index contributed by atoms with van der Waals surface area (Å²) >= 11 is 0. The number of nitrogens with one attached hydrogen (secondary N) is 2. The van der Waals surface area contributed by atoms with Crippen molar-refractivity contribution in [2.45, 2.75) is 13.0 Å². The second kappa shape index (κ2) is 8.20. The van der Waals surface area contributed by atoms with Crippen LogP contribution in [0.25, 0.3) is 10.9 Å². The fourth-order valence-electron chi connectivity index (χ4n) is 2.72. The molecule has 0 bridgehead atoms. The van der Waals surface area contributed by atoms with Crippen LogP contribution in [-0.4, -0.2) is 30.6 Å². The van der Waals surface area contributed by atoms with E-state index >= 15 is 0 Å². The zero-order chi connectivity index (χ0) is 18.4. The minimum absolute atomic E-state index is 0.115. The quantitative estimate of drug-likeness (QED) is 0.641. The zero-order valence-corrected chi connectivity index (χ0v) is 14.5. The molecule has 0 radical (unpaired) electrons. The van der Waals surface area contributed by atoms with Crippen molar-refractivity contribution in [3.63, 3.8) is 0 Å². The van der Waals surface area contributed by atoms with Gasteiger partial charge < -0.3 is 19.8 Å². The van der Waals surface area contributed by atoms with Crippen molar-refractivity contribution in [3.8, 4) is 5.75 Å². The molecule has 1 aromatic heterocycles. The summed E-state index contributed by atoms with van der Waals surface area (Å²) < 4.78 is 10.3. The molecule has 0 saturated heterocycles. The van der Waals surface area contributed by atoms with Crippen LogP contribution in [0.4, 0.5) is 0 Å². The molecule has 0 atom stereocenters. The summed E-state index contributed by atoms with van der Waals surface area (Å²) in [6, 6.07) is 15.1. The van der Waals surface area contributed by atoms with Gasteiger partial charge in [-0.25, -0.2) is 0 Å². The highest BCUT2D eigenvalue weighted by molar-refractivity contribution is 5.88. The molecule has 1 amide bonds. The SMILES string of the molecule is COc1ccccc1CNC(=O)COC(=O)Cc1c[nH]c2ccccc12. The van der Waals surface area contributed by atoms with Crippen LogP contribution >= 0.6 is 0 Å². The topological polar surface area (TPSA) is 80.4 Å². The number of para-hydroxylation sites is 2. The number of rotatable bonds is 7. The van der Waals surface area contributed by atoms with E-state index < -0.39 is 5.97 Å². The summed E-state index contributed by atoms with van der Waals surface area (Å²) in [7, 11) is 1.58. The molecule has 0 saturated carbocycles. The van der Waals surface area contributed by atoms with Gasteiger partial charge in [0.25, 0.3) is 5.91 Å². The molecule has 3 rings (SSSR count). The van der Waals surface area contributed by atoms with E-state index in [-0.39, 0.29) is 18.9 Å². The number of benzene rings is 2. The van der Waals surface area contributed by atoms with Crippen LogP contribution in [0.3, 0.4) is 0 Å². The number of aromatic amines is 1. The molecule has 0 aliphatic heterocycles. The molecule has 6 heteroatoms. The van der Waals surface area contributed by atoms with Crippen LogP contribution in [-0.2, 0) is 27.3 Å². The van der Waals surface area contributed by atoms with Crippen molar-refractivity contribution in [2.75, 3.05) is 13.7 Å². The average molecular weight is 352 g/mol. The molecule has 0 aliphatic carbocycles. The molecule has 0 aliphatic rings. The highest BCUT2D eigenvalue weighted by atomic mass is 16.5. The number of ether oxygens (including phenoxy) is 2. The second-order valence-corrected chi connectivity index (χ2v) is 5.79. The monoisotopic (exact) mass is 352 g/mol. The highest BCUT2D eigenvalue weighted by Gasteiger charge is 2.12. The third-order valence-corrected chi connectivity index (χ3v) is 4.04. The van der Waals surface area contributed by atoms with Crippen LogP contribution in [0, 0.1) is 0 Å². The molecule has 0 spiro atoms. The third-order valence-electron chi connectivity index (χ3n) is 4.04. The van der Waals surface area contributed by atoms with Gasteiger partial charge >= 0.3 is 5.97 Å². The zero-order valence-electron chi connectivity index (χ0n) is 14.5. The van der Waals surface area contributed by atoms with E-state index in [2.05, 4.69) is 10.3 Å². The molecule has 26 heavy (non-hydrogen) atoms. The largest absolute Gasteiger partial charge is 0.496 e. The van der Waals surface area contributed by atoms with Gasteiger partial charge in [0.1, 0.15) is 5.75 Å². The first-order valence-corrected chi connectivity index (χ1v) is 8.26. The maximum absolute atomic E-state index is 12.0. The first-order chi connectivity index (χ1) is 12.7.